The van der Waals surface area contributed by atoms with Crippen LogP contribution in [0.2, 0.25) is 10.0 Å². The highest BCUT2D eigenvalue weighted by molar-refractivity contribution is 6.45. The van der Waals surface area contributed by atoms with Crippen molar-refractivity contribution in [3.05, 3.63) is 33.6 Å². The van der Waals surface area contributed by atoms with Gasteiger partial charge in [0.05, 0.1) is 28.2 Å². The molecule has 6 nitrogen and oxygen atoms in total. The maximum atomic E-state index is 12.1. The van der Waals surface area contributed by atoms with E-state index in [-0.39, 0.29) is 11.8 Å². The van der Waals surface area contributed by atoms with E-state index in [2.05, 4.69) is 27.4 Å². The summed E-state index contributed by atoms with van der Waals surface area (Å²) in [5, 5.41) is 13.2. The summed E-state index contributed by atoms with van der Waals surface area (Å²) < 4.78 is 0. The maximum Gasteiger partial charge on any atom is 0.224 e. The second kappa shape index (κ2) is 5.50. The van der Waals surface area contributed by atoms with E-state index < -0.39 is 0 Å². The van der Waals surface area contributed by atoms with Crippen LogP contribution in [0.5, 0.6) is 0 Å². The second-order valence-electron chi connectivity index (χ2n) is 6.09. The molecule has 1 unspecified atom stereocenters. The third-order valence-corrected chi connectivity index (χ3v) is 5.20. The quantitative estimate of drug-likeness (QED) is 0.697. The van der Waals surface area contributed by atoms with Gasteiger partial charge in [0, 0.05) is 36.2 Å². The topological polar surface area (TPSA) is 75.6 Å². The first-order chi connectivity index (χ1) is 11.5. The first-order valence-electron chi connectivity index (χ1n) is 7.61. The zero-order valence-electron chi connectivity index (χ0n) is 13.2. The number of halogens is 2. The van der Waals surface area contributed by atoms with Crippen LogP contribution in [0.1, 0.15) is 24.1 Å². The Kier molecular flexibility index (Phi) is 3.54. The van der Waals surface area contributed by atoms with Crippen molar-refractivity contribution in [2.24, 2.45) is 7.05 Å². The SMILES string of the molecule is CC1CNC(=O)Cc2c1[nH]c1c(Cl)c(Cl)cc(-c3cnn(C)n3)c21. The van der Waals surface area contributed by atoms with Crippen molar-refractivity contribution in [3.8, 4) is 11.3 Å². The molecule has 2 N–H and O–H groups in total. The fourth-order valence-electron chi connectivity index (χ4n) is 3.27. The summed E-state index contributed by atoms with van der Waals surface area (Å²) in [4.78, 5) is 17.0. The molecule has 2 aromatic heterocycles. The minimum atomic E-state index is -0.00216. The number of hydrogen-bond donors (Lipinski definition) is 2. The van der Waals surface area contributed by atoms with Gasteiger partial charge >= 0.3 is 0 Å². The van der Waals surface area contributed by atoms with E-state index in [1.54, 1.807) is 19.3 Å². The zero-order valence-corrected chi connectivity index (χ0v) is 14.7. The summed E-state index contributed by atoms with van der Waals surface area (Å²) in [7, 11) is 1.76. The van der Waals surface area contributed by atoms with Crippen molar-refractivity contribution in [2.45, 2.75) is 19.3 Å². The standard InChI is InChI=1S/C16H15Cl2N5O/c1-7-5-19-12(24)4-9-13-8(11-6-20-23(2)22-11)3-10(17)14(18)16(13)21-15(7)9/h3,6-7,21H,4-5H2,1-2H3,(H,19,24). The molecule has 0 saturated carbocycles. The smallest absolute Gasteiger partial charge is 0.224 e. The molecule has 0 radical (unpaired) electrons. The number of fused-ring (bicyclic) bond motifs is 3. The van der Waals surface area contributed by atoms with Crippen LogP contribution in [-0.4, -0.2) is 32.4 Å². The molecule has 0 aliphatic carbocycles. The molecular formula is C16H15Cl2N5O. The van der Waals surface area contributed by atoms with Crippen molar-refractivity contribution in [1.82, 2.24) is 25.3 Å². The number of H-pyrrole nitrogens is 1. The van der Waals surface area contributed by atoms with Crippen LogP contribution in [0.3, 0.4) is 0 Å². The monoisotopic (exact) mass is 363 g/mol. The second-order valence-corrected chi connectivity index (χ2v) is 6.87. The Bertz CT molecular complexity index is 975. The summed E-state index contributed by atoms with van der Waals surface area (Å²) in [6, 6.07) is 1.79. The lowest BCUT2D eigenvalue weighted by atomic mass is 9.97. The molecule has 124 valence electrons. The van der Waals surface area contributed by atoms with Gasteiger partial charge in [0.25, 0.3) is 0 Å². The molecule has 1 amide bonds. The number of nitrogens with zero attached hydrogens (tertiary/aromatic N) is 3. The molecule has 3 heterocycles. The summed E-state index contributed by atoms with van der Waals surface area (Å²) >= 11 is 12.8. The summed E-state index contributed by atoms with van der Waals surface area (Å²) in [6.45, 7) is 2.65. The van der Waals surface area contributed by atoms with Gasteiger partial charge in [-0.1, -0.05) is 30.1 Å². The largest absolute Gasteiger partial charge is 0.357 e. The molecule has 1 aromatic carbocycles. The third kappa shape index (κ3) is 2.29. The van der Waals surface area contributed by atoms with Gasteiger partial charge in [0.1, 0.15) is 5.69 Å². The van der Waals surface area contributed by atoms with Crippen LogP contribution >= 0.6 is 23.2 Å². The van der Waals surface area contributed by atoms with E-state index in [1.165, 1.54) is 4.80 Å². The third-order valence-electron chi connectivity index (χ3n) is 4.42. The Morgan fingerprint density at radius 1 is 1.38 bits per heavy atom. The van der Waals surface area contributed by atoms with Crippen molar-refractivity contribution < 1.29 is 4.79 Å². The fraction of sp³-hybridized carbons (Fsp3) is 0.312. The number of amides is 1. The Morgan fingerprint density at radius 2 is 2.17 bits per heavy atom. The minimum absolute atomic E-state index is 0.00216. The highest BCUT2D eigenvalue weighted by atomic mass is 35.5. The molecular weight excluding hydrogens is 349 g/mol. The van der Waals surface area contributed by atoms with Crippen LogP contribution in [0.15, 0.2) is 12.3 Å². The van der Waals surface area contributed by atoms with Crippen LogP contribution in [-0.2, 0) is 18.3 Å². The van der Waals surface area contributed by atoms with Crippen LogP contribution in [0.4, 0.5) is 0 Å². The number of hydrogen-bond acceptors (Lipinski definition) is 3. The summed E-state index contributed by atoms with van der Waals surface area (Å²) in [6.07, 6.45) is 1.98. The molecule has 1 aliphatic rings. The van der Waals surface area contributed by atoms with Crippen molar-refractivity contribution in [1.29, 1.82) is 0 Å². The average molecular weight is 364 g/mol. The Hall–Kier alpha value is -2.05. The number of aromatic amines is 1. The van der Waals surface area contributed by atoms with Crippen molar-refractivity contribution >= 4 is 40.0 Å². The van der Waals surface area contributed by atoms with Gasteiger partial charge in [0.2, 0.25) is 5.91 Å². The van der Waals surface area contributed by atoms with Gasteiger partial charge in [0.15, 0.2) is 0 Å². The lowest BCUT2D eigenvalue weighted by Crippen LogP contribution is -2.25. The van der Waals surface area contributed by atoms with Gasteiger partial charge in [-0.3, -0.25) is 4.79 Å². The van der Waals surface area contributed by atoms with Gasteiger partial charge in [-0.25, -0.2) is 0 Å². The van der Waals surface area contributed by atoms with Crippen molar-refractivity contribution in [2.75, 3.05) is 6.54 Å². The van der Waals surface area contributed by atoms with E-state index in [4.69, 9.17) is 23.2 Å². The van der Waals surface area contributed by atoms with Crippen LogP contribution < -0.4 is 5.32 Å². The summed E-state index contributed by atoms with van der Waals surface area (Å²) in [5.41, 5.74) is 4.23. The van der Waals surface area contributed by atoms with Gasteiger partial charge < -0.3 is 10.3 Å². The first-order valence-corrected chi connectivity index (χ1v) is 8.37. The number of rotatable bonds is 1. The lowest BCUT2D eigenvalue weighted by molar-refractivity contribution is -0.120. The number of aromatic nitrogens is 4. The molecule has 0 saturated heterocycles. The number of aryl methyl sites for hydroxylation is 1. The van der Waals surface area contributed by atoms with E-state index in [0.717, 1.165) is 27.7 Å². The number of nitrogens with one attached hydrogen (secondary N) is 2. The van der Waals surface area contributed by atoms with Gasteiger partial charge in [-0.15, -0.1) is 0 Å². The highest BCUT2D eigenvalue weighted by Gasteiger charge is 2.27. The lowest BCUT2D eigenvalue weighted by Gasteiger charge is -2.07. The molecule has 0 spiro atoms. The maximum absolute atomic E-state index is 12.1. The van der Waals surface area contributed by atoms with Gasteiger partial charge in [-0.2, -0.15) is 15.0 Å². The molecule has 0 bridgehead atoms. The fourth-order valence-corrected chi connectivity index (χ4v) is 3.67. The van der Waals surface area contributed by atoms with E-state index in [0.29, 0.717) is 28.7 Å². The molecule has 8 heteroatoms. The Morgan fingerprint density at radius 3 is 2.88 bits per heavy atom. The van der Waals surface area contributed by atoms with Crippen LogP contribution in [0, 0.1) is 0 Å². The predicted molar refractivity (Wildman–Crippen MR) is 93.4 cm³/mol. The molecule has 0 fully saturated rings. The molecule has 4 rings (SSSR count). The minimum Gasteiger partial charge on any atom is -0.357 e. The van der Waals surface area contributed by atoms with E-state index in [1.807, 2.05) is 0 Å². The average Bonchev–Trinajstić information content (AvgIpc) is 3.10. The normalized spacial score (nSPS) is 17.7. The zero-order chi connectivity index (χ0) is 17.0. The number of carbonyl (C=O) groups excluding carboxylic acids is 1. The van der Waals surface area contributed by atoms with Crippen LogP contribution in [0.25, 0.3) is 22.2 Å². The van der Waals surface area contributed by atoms with Gasteiger partial charge in [-0.05, 0) is 11.6 Å². The molecule has 1 atom stereocenters. The van der Waals surface area contributed by atoms with Crippen molar-refractivity contribution in [3.63, 3.8) is 0 Å². The Balaban J connectivity index is 2.10. The number of benzene rings is 1. The predicted octanol–water partition coefficient (Wildman–Crippen LogP) is 3.05. The molecule has 3 aromatic rings. The molecule has 1 aliphatic heterocycles. The van der Waals surface area contributed by atoms with E-state index in [9.17, 15) is 4.79 Å². The summed E-state index contributed by atoms with van der Waals surface area (Å²) in [5.74, 6) is 0.154. The first kappa shape index (κ1) is 15.5. The Labute approximate surface area is 148 Å². The van der Waals surface area contributed by atoms with E-state index >= 15 is 0 Å². The number of carbonyl (C=O) groups is 1. The highest BCUT2D eigenvalue weighted by Crippen LogP contribution is 2.42. The molecule has 24 heavy (non-hydrogen) atoms.